The van der Waals surface area contributed by atoms with E-state index in [1.807, 2.05) is 36.4 Å². The van der Waals surface area contributed by atoms with Gasteiger partial charge in [-0.15, -0.1) is 0 Å². The van der Waals surface area contributed by atoms with Crippen LogP contribution >= 0.6 is 0 Å². The molecule has 0 unspecified atom stereocenters. The third-order valence-corrected chi connectivity index (χ3v) is 2.72. The lowest BCUT2D eigenvalue weighted by Crippen LogP contribution is -2.05. The first kappa shape index (κ1) is 12.5. The Kier molecular flexibility index (Phi) is 4.20. The lowest BCUT2D eigenvalue weighted by molar-refractivity contribution is 0.303. The third kappa shape index (κ3) is 3.25. The fraction of sp³-hybridized carbons (Fsp3) is 0.200. The third-order valence-electron chi connectivity index (χ3n) is 2.72. The zero-order valence-corrected chi connectivity index (χ0v) is 10.2. The predicted octanol–water partition coefficient (Wildman–Crippen LogP) is 2.47. The van der Waals surface area contributed by atoms with E-state index in [4.69, 9.17) is 10.5 Å². The maximum Gasteiger partial charge on any atom is 0.123 e. The van der Waals surface area contributed by atoms with Crippen molar-refractivity contribution in [2.24, 2.45) is 5.73 Å². The summed E-state index contributed by atoms with van der Waals surface area (Å²) in [5, 5.41) is 9.20. The van der Waals surface area contributed by atoms with E-state index in [1.165, 1.54) is 0 Å². The van der Waals surface area contributed by atoms with Crippen molar-refractivity contribution in [2.75, 3.05) is 6.54 Å². The van der Waals surface area contributed by atoms with Gasteiger partial charge in [-0.2, -0.15) is 0 Å². The molecule has 0 aromatic heterocycles. The molecule has 2 rings (SSSR count). The lowest BCUT2D eigenvalue weighted by atomic mass is 10.1. The molecule has 0 atom stereocenters. The fourth-order valence-electron chi connectivity index (χ4n) is 1.76. The van der Waals surface area contributed by atoms with Crippen LogP contribution in [0.3, 0.4) is 0 Å². The molecular weight excluding hydrogens is 226 g/mol. The molecule has 0 saturated carbocycles. The molecule has 94 valence electrons. The van der Waals surface area contributed by atoms with Crippen LogP contribution < -0.4 is 10.5 Å². The summed E-state index contributed by atoms with van der Waals surface area (Å²) < 4.78 is 5.78. The number of phenolic OH excluding ortho intramolecular Hbond substituents is 1. The molecule has 0 bridgehead atoms. The molecular formula is C15H17NO2. The standard InChI is InChI=1S/C15H17NO2/c16-10-9-13-3-1-2-4-15(13)18-11-12-5-7-14(17)8-6-12/h1-8,17H,9-11,16H2. The van der Waals surface area contributed by atoms with Crippen molar-refractivity contribution in [3.63, 3.8) is 0 Å². The van der Waals surface area contributed by atoms with E-state index in [0.29, 0.717) is 13.2 Å². The first-order chi connectivity index (χ1) is 8.79. The number of hydrogen-bond donors (Lipinski definition) is 2. The average molecular weight is 243 g/mol. The van der Waals surface area contributed by atoms with Gasteiger partial charge in [0.25, 0.3) is 0 Å². The van der Waals surface area contributed by atoms with Crippen molar-refractivity contribution in [2.45, 2.75) is 13.0 Å². The van der Waals surface area contributed by atoms with Gasteiger partial charge in [-0.3, -0.25) is 0 Å². The molecule has 0 amide bonds. The van der Waals surface area contributed by atoms with Gasteiger partial charge < -0.3 is 15.6 Å². The van der Waals surface area contributed by atoms with Crippen LogP contribution in [0, 0.1) is 0 Å². The van der Waals surface area contributed by atoms with Crippen LogP contribution in [0.2, 0.25) is 0 Å². The molecule has 0 radical (unpaired) electrons. The lowest BCUT2D eigenvalue weighted by Gasteiger charge is -2.10. The Bertz CT molecular complexity index is 494. The first-order valence-corrected chi connectivity index (χ1v) is 5.98. The number of para-hydroxylation sites is 1. The van der Waals surface area contributed by atoms with E-state index in [9.17, 15) is 5.11 Å². The van der Waals surface area contributed by atoms with E-state index in [1.54, 1.807) is 12.1 Å². The van der Waals surface area contributed by atoms with Gasteiger partial charge in [0.1, 0.15) is 18.1 Å². The van der Waals surface area contributed by atoms with Gasteiger partial charge in [0.2, 0.25) is 0 Å². The minimum absolute atomic E-state index is 0.266. The van der Waals surface area contributed by atoms with Gasteiger partial charge >= 0.3 is 0 Å². The van der Waals surface area contributed by atoms with Crippen LogP contribution in [0.15, 0.2) is 48.5 Å². The highest BCUT2D eigenvalue weighted by Gasteiger charge is 2.02. The Hall–Kier alpha value is -2.00. The van der Waals surface area contributed by atoms with Gasteiger partial charge in [0, 0.05) is 0 Å². The van der Waals surface area contributed by atoms with Crippen LogP contribution in [0.25, 0.3) is 0 Å². The normalized spacial score (nSPS) is 10.3. The minimum Gasteiger partial charge on any atom is -0.508 e. The molecule has 3 nitrogen and oxygen atoms in total. The molecule has 0 spiro atoms. The molecule has 2 aromatic rings. The summed E-state index contributed by atoms with van der Waals surface area (Å²) in [7, 11) is 0. The van der Waals surface area contributed by atoms with Crippen molar-refractivity contribution in [1.29, 1.82) is 0 Å². The van der Waals surface area contributed by atoms with E-state index < -0.39 is 0 Å². The Balaban J connectivity index is 2.03. The fourth-order valence-corrected chi connectivity index (χ4v) is 1.76. The predicted molar refractivity (Wildman–Crippen MR) is 71.6 cm³/mol. The Morgan fingerprint density at radius 2 is 1.72 bits per heavy atom. The summed E-state index contributed by atoms with van der Waals surface area (Å²) in [5.74, 6) is 1.14. The van der Waals surface area contributed by atoms with E-state index >= 15 is 0 Å². The van der Waals surface area contributed by atoms with Gasteiger partial charge in [-0.25, -0.2) is 0 Å². The zero-order valence-electron chi connectivity index (χ0n) is 10.2. The van der Waals surface area contributed by atoms with Gasteiger partial charge in [-0.1, -0.05) is 30.3 Å². The van der Waals surface area contributed by atoms with E-state index in [0.717, 1.165) is 23.3 Å². The van der Waals surface area contributed by atoms with Crippen LogP contribution in [0.1, 0.15) is 11.1 Å². The summed E-state index contributed by atoms with van der Waals surface area (Å²) >= 11 is 0. The SMILES string of the molecule is NCCc1ccccc1OCc1ccc(O)cc1. The highest BCUT2D eigenvalue weighted by Crippen LogP contribution is 2.20. The molecule has 0 aliphatic rings. The summed E-state index contributed by atoms with van der Waals surface area (Å²) in [6, 6.07) is 14.9. The highest BCUT2D eigenvalue weighted by atomic mass is 16.5. The molecule has 3 heteroatoms. The summed E-state index contributed by atoms with van der Waals surface area (Å²) in [6.45, 7) is 1.10. The molecule has 3 N–H and O–H groups in total. The maximum atomic E-state index is 9.20. The zero-order chi connectivity index (χ0) is 12.8. The summed E-state index contributed by atoms with van der Waals surface area (Å²) in [4.78, 5) is 0. The molecule has 0 heterocycles. The van der Waals surface area contributed by atoms with Gasteiger partial charge in [-0.05, 0) is 42.3 Å². The number of phenols is 1. The largest absolute Gasteiger partial charge is 0.508 e. The van der Waals surface area contributed by atoms with Crippen molar-refractivity contribution >= 4 is 0 Å². The second kappa shape index (κ2) is 6.07. The second-order valence-electron chi connectivity index (χ2n) is 4.10. The van der Waals surface area contributed by atoms with Crippen LogP contribution in [0.4, 0.5) is 0 Å². The average Bonchev–Trinajstić information content (AvgIpc) is 2.40. The monoisotopic (exact) mass is 243 g/mol. The Labute approximate surface area is 107 Å². The molecule has 0 aliphatic heterocycles. The van der Waals surface area contributed by atoms with Crippen LogP contribution in [0.5, 0.6) is 11.5 Å². The van der Waals surface area contributed by atoms with Crippen LogP contribution in [-0.2, 0) is 13.0 Å². The smallest absolute Gasteiger partial charge is 0.123 e. The van der Waals surface area contributed by atoms with E-state index in [-0.39, 0.29) is 5.75 Å². The Morgan fingerprint density at radius 1 is 1.00 bits per heavy atom. The van der Waals surface area contributed by atoms with Crippen molar-refractivity contribution in [3.8, 4) is 11.5 Å². The minimum atomic E-state index is 0.266. The number of hydrogen-bond acceptors (Lipinski definition) is 3. The topological polar surface area (TPSA) is 55.5 Å². The number of aromatic hydroxyl groups is 1. The number of ether oxygens (including phenoxy) is 1. The molecule has 0 aliphatic carbocycles. The van der Waals surface area contributed by atoms with Crippen molar-refractivity contribution in [1.82, 2.24) is 0 Å². The van der Waals surface area contributed by atoms with Crippen molar-refractivity contribution in [3.05, 3.63) is 59.7 Å². The number of benzene rings is 2. The molecule has 2 aromatic carbocycles. The van der Waals surface area contributed by atoms with Crippen molar-refractivity contribution < 1.29 is 9.84 Å². The number of rotatable bonds is 5. The highest BCUT2D eigenvalue weighted by molar-refractivity contribution is 5.34. The summed E-state index contributed by atoms with van der Waals surface area (Å²) in [5.41, 5.74) is 7.72. The molecule has 18 heavy (non-hydrogen) atoms. The Morgan fingerprint density at radius 3 is 2.44 bits per heavy atom. The van der Waals surface area contributed by atoms with E-state index in [2.05, 4.69) is 0 Å². The summed E-state index contributed by atoms with van der Waals surface area (Å²) in [6.07, 6.45) is 0.811. The molecule has 0 fully saturated rings. The van der Waals surface area contributed by atoms with Gasteiger partial charge in [0.05, 0.1) is 0 Å². The molecule has 0 saturated heterocycles. The number of nitrogens with two attached hydrogens (primary N) is 1. The second-order valence-corrected chi connectivity index (χ2v) is 4.10. The quantitative estimate of drug-likeness (QED) is 0.848. The first-order valence-electron chi connectivity index (χ1n) is 5.98. The van der Waals surface area contributed by atoms with Gasteiger partial charge in [0.15, 0.2) is 0 Å². The maximum absolute atomic E-state index is 9.20. The van der Waals surface area contributed by atoms with Crippen LogP contribution in [-0.4, -0.2) is 11.7 Å².